The first-order chi connectivity index (χ1) is 15.5. The Kier molecular flexibility index (Phi) is 8.35. The predicted octanol–water partition coefficient (Wildman–Crippen LogP) is 2.16. The third kappa shape index (κ3) is 6.15. The number of rotatable bonds is 10. The highest BCUT2D eigenvalue weighted by atomic mass is 16.5. The van der Waals surface area contributed by atoms with E-state index >= 15 is 0 Å². The van der Waals surface area contributed by atoms with Gasteiger partial charge in [-0.1, -0.05) is 48.5 Å². The Balaban J connectivity index is 1.74. The number of hydrogen-bond acceptors (Lipinski definition) is 6. The number of hydrogen-bond donors (Lipinski definition) is 2. The summed E-state index contributed by atoms with van der Waals surface area (Å²) in [6.45, 7) is 1.78. The first-order valence-electron chi connectivity index (χ1n) is 10.6. The van der Waals surface area contributed by atoms with Crippen LogP contribution >= 0.6 is 0 Å². The summed E-state index contributed by atoms with van der Waals surface area (Å²) in [4.78, 5) is 38.5. The topological polar surface area (TPSA) is 105 Å². The van der Waals surface area contributed by atoms with Crippen molar-refractivity contribution in [1.82, 2.24) is 5.32 Å². The van der Waals surface area contributed by atoms with Gasteiger partial charge in [0.05, 0.1) is 25.9 Å². The number of carbonyl (C=O) groups excluding carboxylic acids is 2. The summed E-state index contributed by atoms with van der Waals surface area (Å²) in [5.41, 5.74) is 2.43. The molecule has 1 aliphatic rings. The first-order valence-corrected chi connectivity index (χ1v) is 10.6. The number of ether oxygens (including phenoxy) is 2. The number of aliphatic carboxylic acids is 1. The standard InChI is InChI=1S/C24H28N2O6/c1-2-32-24(30)20(16-31-15-17-8-4-3-5-9-17)25-19-13-12-18-10-6-7-11-21(18)26(23(19)29)14-22(27)28/h3-11,19-20,25H,2,12-16H2,1H3,(H,27,28). The fraction of sp³-hybridized carbons (Fsp3) is 0.375. The van der Waals surface area contributed by atoms with Crippen molar-refractivity contribution in [2.24, 2.45) is 0 Å². The average Bonchev–Trinajstić information content (AvgIpc) is 2.91. The first kappa shape index (κ1) is 23.4. The number of amides is 1. The Morgan fingerprint density at radius 3 is 2.59 bits per heavy atom. The second-order valence-corrected chi connectivity index (χ2v) is 7.51. The van der Waals surface area contributed by atoms with Gasteiger partial charge in [0.2, 0.25) is 5.91 Å². The Bertz CT molecular complexity index is 933. The molecule has 1 amide bonds. The van der Waals surface area contributed by atoms with Crippen molar-refractivity contribution in [3.05, 3.63) is 65.7 Å². The van der Waals surface area contributed by atoms with Crippen LogP contribution in [0.25, 0.3) is 0 Å². The maximum atomic E-state index is 13.3. The Labute approximate surface area is 187 Å². The van der Waals surface area contributed by atoms with Gasteiger partial charge >= 0.3 is 11.9 Å². The van der Waals surface area contributed by atoms with Crippen LogP contribution in [0.4, 0.5) is 5.69 Å². The molecule has 2 aromatic rings. The molecular formula is C24H28N2O6. The molecule has 170 valence electrons. The van der Waals surface area contributed by atoms with Crippen molar-refractivity contribution >= 4 is 23.5 Å². The number of anilines is 1. The molecule has 0 spiro atoms. The van der Waals surface area contributed by atoms with Crippen molar-refractivity contribution < 1.29 is 29.0 Å². The summed E-state index contributed by atoms with van der Waals surface area (Å²) >= 11 is 0. The molecule has 3 rings (SSSR count). The van der Waals surface area contributed by atoms with E-state index in [1.165, 1.54) is 4.90 Å². The highest BCUT2D eigenvalue weighted by Gasteiger charge is 2.34. The maximum Gasteiger partial charge on any atom is 0.325 e. The van der Waals surface area contributed by atoms with Crippen LogP contribution in [0.5, 0.6) is 0 Å². The summed E-state index contributed by atoms with van der Waals surface area (Å²) < 4.78 is 10.9. The smallest absolute Gasteiger partial charge is 0.325 e. The minimum Gasteiger partial charge on any atom is -0.480 e. The second-order valence-electron chi connectivity index (χ2n) is 7.51. The molecule has 2 atom stereocenters. The van der Waals surface area contributed by atoms with E-state index in [2.05, 4.69) is 5.32 Å². The van der Waals surface area contributed by atoms with E-state index < -0.39 is 36.5 Å². The van der Waals surface area contributed by atoms with Crippen molar-refractivity contribution in [3.63, 3.8) is 0 Å². The zero-order chi connectivity index (χ0) is 22.9. The van der Waals surface area contributed by atoms with Crippen LogP contribution in [0.15, 0.2) is 54.6 Å². The van der Waals surface area contributed by atoms with E-state index in [9.17, 15) is 19.5 Å². The Morgan fingerprint density at radius 1 is 1.16 bits per heavy atom. The number of para-hydroxylation sites is 1. The van der Waals surface area contributed by atoms with E-state index in [4.69, 9.17) is 9.47 Å². The molecule has 0 aliphatic carbocycles. The van der Waals surface area contributed by atoms with Gasteiger partial charge in [-0.05, 0) is 37.0 Å². The minimum atomic E-state index is -1.11. The SMILES string of the molecule is CCOC(=O)C(COCc1ccccc1)NC1CCc2ccccc2N(CC(=O)O)C1=O. The van der Waals surface area contributed by atoms with Gasteiger partial charge in [0, 0.05) is 5.69 Å². The molecule has 8 nitrogen and oxygen atoms in total. The van der Waals surface area contributed by atoms with Gasteiger partial charge in [-0.2, -0.15) is 0 Å². The van der Waals surface area contributed by atoms with Crippen molar-refractivity contribution in [1.29, 1.82) is 0 Å². The number of esters is 1. The van der Waals surface area contributed by atoms with Crippen LogP contribution in [0, 0.1) is 0 Å². The van der Waals surface area contributed by atoms with Crippen LogP contribution in [-0.2, 0) is 36.9 Å². The monoisotopic (exact) mass is 440 g/mol. The fourth-order valence-electron chi connectivity index (χ4n) is 3.71. The molecule has 8 heteroatoms. The maximum absolute atomic E-state index is 13.3. The zero-order valence-electron chi connectivity index (χ0n) is 18.0. The third-order valence-electron chi connectivity index (χ3n) is 5.21. The van der Waals surface area contributed by atoms with Crippen LogP contribution in [0.1, 0.15) is 24.5 Å². The Morgan fingerprint density at radius 2 is 1.88 bits per heavy atom. The molecule has 0 saturated heterocycles. The van der Waals surface area contributed by atoms with Gasteiger partial charge in [-0.15, -0.1) is 0 Å². The van der Waals surface area contributed by atoms with E-state index in [0.717, 1.165) is 11.1 Å². The molecule has 0 aromatic heterocycles. The van der Waals surface area contributed by atoms with Crippen LogP contribution in [0.3, 0.4) is 0 Å². The van der Waals surface area contributed by atoms with Crippen molar-refractivity contribution in [3.8, 4) is 0 Å². The Hall–Kier alpha value is -3.23. The normalized spacial score (nSPS) is 16.7. The number of nitrogens with zero attached hydrogens (tertiary/aromatic N) is 1. The lowest BCUT2D eigenvalue weighted by Crippen LogP contribution is -2.54. The molecule has 2 unspecified atom stereocenters. The molecule has 0 saturated carbocycles. The lowest BCUT2D eigenvalue weighted by atomic mass is 10.1. The van der Waals surface area contributed by atoms with Gasteiger partial charge in [0.15, 0.2) is 0 Å². The number of aryl methyl sites for hydroxylation is 1. The zero-order valence-corrected chi connectivity index (χ0v) is 18.0. The van der Waals surface area contributed by atoms with E-state index in [-0.39, 0.29) is 13.2 Å². The number of carbonyl (C=O) groups is 3. The molecule has 2 aromatic carbocycles. The van der Waals surface area contributed by atoms with Gasteiger partial charge in [-0.3, -0.25) is 24.6 Å². The molecule has 1 heterocycles. The predicted molar refractivity (Wildman–Crippen MR) is 118 cm³/mol. The van der Waals surface area contributed by atoms with Crippen LogP contribution in [-0.4, -0.2) is 54.8 Å². The second kappa shape index (κ2) is 11.4. The summed E-state index contributed by atoms with van der Waals surface area (Å²) in [5.74, 6) is -2.02. The molecule has 2 N–H and O–H groups in total. The highest BCUT2D eigenvalue weighted by Crippen LogP contribution is 2.27. The molecule has 0 bridgehead atoms. The molecule has 1 aliphatic heterocycles. The van der Waals surface area contributed by atoms with E-state index in [1.807, 2.05) is 42.5 Å². The van der Waals surface area contributed by atoms with E-state index in [1.54, 1.807) is 19.1 Å². The number of benzene rings is 2. The van der Waals surface area contributed by atoms with Gasteiger partial charge in [0.1, 0.15) is 12.6 Å². The third-order valence-corrected chi connectivity index (χ3v) is 5.21. The molecule has 0 radical (unpaired) electrons. The molecular weight excluding hydrogens is 412 g/mol. The number of nitrogens with one attached hydrogen (secondary N) is 1. The van der Waals surface area contributed by atoms with Gasteiger partial charge in [0.25, 0.3) is 0 Å². The molecule has 0 fully saturated rings. The number of carboxylic acids is 1. The lowest BCUT2D eigenvalue weighted by molar-refractivity contribution is -0.148. The van der Waals surface area contributed by atoms with Gasteiger partial charge < -0.3 is 14.6 Å². The summed E-state index contributed by atoms with van der Waals surface area (Å²) in [7, 11) is 0. The average molecular weight is 440 g/mol. The minimum absolute atomic E-state index is 0.0172. The fourth-order valence-corrected chi connectivity index (χ4v) is 3.71. The summed E-state index contributed by atoms with van der Waals surface area (Å²) in [5, 5.41) is 12.4. The van der Waals surface area contributed by atoms with Crippen LogP contribution in [0.2, 0.25) is 0 Å². The van der Waals surface area contributed by atoms with E-state index in [0.29, 0.717) is 25.1 Å². The van der Waals surface area contributed by atoms with Crippen LogP contribution < -0.4 is 10.2 Å². The quantitative estimate of drug-likeness (QED) is 0.546. The highest BCUT2D eigenvalue weighted by molar-refractivity contribution is 6.02. The van der Waals surface area contributed by atoms with Gasteiger partial charge in [-0.25, -0.2) is 0 Å². The number of carboxylic acid groups (broad SMARTS) is 1. The number of fused-ring (bicyclic) bond motifs is 1. The van der Waals surface area contributed by atoms with Crippen molar-refractivity contribution in [2.75, 3.05) is 24.7 Å². The van der Waals surface area contributed by atoms with Crippen molar-refractivity contribution in [2.45, 2.75) is 38.5 Å². The summed E-state index contributed by atoms with van der Waals surface area (Å²) in [6, 6.07) is 15.2. The largest absolute Gasteiger partial charge is 0.480 e. The summed E-state index contributed by atoms with van der Waals surface area (Å²) in [6.07, 6.45) is 0.983. The lowest BCUT2D eigenvalue weighted by Gasteiger charge is -2.27. The molecule has 32 heavy (non-hydrogen) atoms.